The summed E-state index contributed by atoms with van der Waals surface area (Å²) in [6, 6.07) is 26.9. The first kappa shape index (κ1) is 31.3. The van der Waals surface area contributed by atoms with Crippen LogP contribution in [0.4, 0.5) is 4.39 Å². The van der Waals surface area contributed by atoms with Crippen molar-refractivity contribution in [1.29, 1.82) is 0 Å². The largest absolute Gasteiger partial charge is 0.508 e. The molecular weight excluding hydrogens is 598 g/mol. The summed E-state index contributed by atoms with van der Waals surface area (Å²) in [7, 11) is 2.18. The maximum atomic E-state index is 14.4. The topological polar surface area (TPSA) is 74.2 Å². The number of aromatic amines is 1. The van der Waals surface area contributed by atoms with Crippen LogP contribution in [0.2, 0.25) is 0 Å². The molecule has 0 spiro atoms. The third-order valence-electron chi connectivity index (χ3n) is 8.59. The van der Waals surface area contributed by atoms with E-state index in [1.54, 1.807) is 6.20 Å². The second kappa shape index (κ2) is 12.8. The van der Waals surface area contributed by atoms with Crippen LogP contribution in [0.3, 0.4) is 0 Å². The van der Waals surface area contributed by atoms with E-state index in [-0.39, 0.29) is 41.7 Å². The van der Waals surface area contributed by atoms with E-state index in [1.807, 2.05) is 48.5 Å². The molecule has 6 nitrogen and oxygen atoms in total. The molecule has 9 heteroatoms. The number of phenols is 1. The quantitative estimate of drug-likeness (QED) is 0.205. The van der Waals surface area contributed by atoms with Gasteiger partial charge in [-0.15, -0.1) is 24.8 Å². The van der Waals surface area contributed by atoms with E-state index >= 15 is 0 Å². The number of rotatable bonds is 5. The van der Waals surface area contributed by atoms with E-state index in [4.69, 9.17) is 4.98 Å². The Kier molecular flexibility index (Phi) is 9.11. The van der Waals surface area contributed by atoms with Crippen molar-refractivity contribution < 1.29 is 9.50 Å². The van der Waals surface area contributed by atoms with Crippen molar-refractivity contribution in [2.75, 3.05) is 20.1 Å². The molecule has 0 amide bonds. The Morgan fingerprint density at radius 2 is 1.64 bits per heavy atom. The van der Waals surface area contributed by atoms with Gasteiger partial charge in [0.1, 0.15) is 23.4 Å². The zero-order valence-corrected chi connectivity index (χ0v) is 25.7. The third-order valence-corrected chi connectivity index (χ3v) is 8.59. The normalized spacial score (nSPS) is 14.7. The number of hydrogen-bond acceptors (Lipinski definition) is 4. The van der Waals surface area contributed by atoms with Crippen LogP contribution in [-0.2, 0) is 0 Å². The summed E-state index contributed by atoms with van der Waals surface area (Å²) in [6.07, 6.45) is 4.06. The zero-order chi connectivity index (χ0) is 28.8. The van der Waals surface area contributed by atoms with Gasteiger partial charge in [-0.3, -0.25) is 4.79 Å². The number of aromatic hydroxyl groups is 1. The number of aromatic nitrogens is 3. The Labute approximate surface area is 267 Å². The second-order valence-electron chi connectivity index (χ2n) is 11.3. The number of piperidine rings is 1. The standard InChI is InChI=1S/C35H31FN4O2.2ClH/c1-39-17-14-24(15-18-39)22-6-8-23(9-7-22)25-10-12-28-26(20-25)16-19-40(35(28)42)33(29-21-27(36)11-13-32(29)41)34-37-30-4-2-3-5-31(30)38-34;;/h2-13,16,19-21,24,33,41H,14-15,17-18H2,1H3,(H,37,38);2*1H/t33-;;/m1../s1. The number of fused-ring (bicyclic) bond motifs is 2. The highest BCUT2D eigenvalue weighted by molar-refractivity contribution is 5.87. The number of benzene rings is 4. The molecule has 6 aromatic rings. The fourth-order valence-electron chi connectivity index (χ4n) is 6.21. The van der Waals surface area contributed by atoms with Gasteiger partial charge in [-0.2, -0.15) is 0 Å². The lowest BCUT2D eigenvalue weighted by atomic mass is 9.88. The van der Waals surface area contributed by atoms with Gasteiger partial charge in [0.05, 0.1) is 11.0 Å². The van der Waals surface area contributed by atoms with Crippen LogP contribution in [0.5, 0.6) is 5.75 Å². The molecule has 0 saturated carbocycles. The van der Waals surface area contributed by atoms with Crippen molar-refractivity contribution in [3.63, 3.8) is 0 Å². The lowest BCUT2D eigenvalue weighted by molar-refractivity contribution is 0.255. The fourth-order valence-corrected chi connectivity index (χ4v) is 6.21. The Balaban J connectivity index is 0.00000192. The van der Waals surface area contributed by atoms with Crippen LogP contribution < -0.4 is 5.56 Å². The molecule has 44 heavy (non-hydrogen) atoms. The molecule has 0 aliphatic carbocycles. The first-order chi connectivity index (χ1) is 20.4. The van der Waals surface area contributed by atoms with Crippen LogP contribution in [0.25, 0.3) is 32.9 Å². The van der Waals surface area contributed by atoms with Crippen LogP contribution in [-0.4, -0.2) is 44.7 Å². The summed E-state index contributed by atoms with van der Waals surface area (Å²) in [5.41, 5.74) is 5.01. The number of hydrogen-bond donors (Lipinski definition) is 2. The number of imidazole rings is 1. The molecule has 1 aliphatic heterocycles. The maximum absolute atomic E-state index is 14.4. The van der Waals surface area contributed by atoms with Gasteiger partial charge in [0.2, 0.25) is 0 Å². The third kappa shape index (κ3) is 5.83. The lowest BCUT2D eigenvalue weighted by Gasteiger charge is -2.29. The number of H-pyrrole nitrogens is 1. The number of pyridine rings is 1. The van der Waals surface area contributed by atoms with E-state index in [0.717, 1.165) is 35.1 Å². The van der Waals surface area contributed by atoms with Crippen molar-refractivity contribution in [3.05, 3.63) is 130 Å². The number of likely N-dealkylation sites (tertiary alicyclic amines) is 1. The summed E-state index contributed by atoms with van der Waals surface area (Å²) in [5.74, 6) is 0.402. The molecule has 1 saturated heterocycles. The first-order valence-electron chi connectivity index (χ1n) is 14.3. The Bertz CT molecular complexity index is 1950. The van der Waals surface area contributed by atoms with Crippen LogP contribution >= 0.6 is 24.8 Å². The van der Waals surface area contributed by atoms with E-state index < -0.39 is 11.9 Å². The molecule has 0 unspecified atom stereocenters. The number of para-hydroxylation sites is 2. The molecule has 4 aromatic carbocycles. The van der Waals surface area contributed by atoms with E-state index in [9.17, 15) is 14.3 Å². The number of nitrogens with zero attached hydrogens (tertiary/aromatic N) is 3. The molecule has 0 bridgehead atoms. The minimum absolute atomic E-state index is 0. The van der Waals surface area contributed by atoms with Crippen molar-refractivity contribution in [1.82, 2.24) is 19.4 Å². The molecule has 1 fully saturated rings. The highest BCUT2D eigenvalue weighted by atomic mass is 35.5. The predicted octanol–water partition coefficient (Wildman–Crippen LogP) is 7.68. The van der Waals surface area contributed by atoms with Crippen LogP contribution in [0.15, 0.2) is 102 Å². The summed E-state index contributed by atoms with van der Waals surface area (Å²) in [6.45, 7) is 2.26. The predicted molar refractivity (Wildman–Crippen MR) is 179 cm³/mol. The SMILES string of the molecule is CN1CCC(c2ccc(-c3ccc4c(=O)n([C@@H](c5nc6ccccc6[nH]5)c5cc(F)ccc5O)ccc4c3)cc2)CC1.Cl.Cl. The molecule has 2 N–H and O–H groups in total. The van der Waals surface area contributed by atoms with E-state index in [1.165, 1.54) is 41.2 Å². The highest BCUT2D eigenvalue weighted by Gasteiger charge is 2.25. The molecule has 1 aliphatic rings. The second-order valence-corrected chi connectivity index (χ2v) is 11.3. The van der Waals surface area contributed by atoms with Gasteiger partial charge in [0, 0.05) is 17.1 Å². The molecule has 226 valence electrons. The average molecular weight is 632 g/mol. The molecular formula is C35H33Cl2FN4O2. The summed E-state index contributed by atoms with van der Waals surface area (Å²) in [4.78, 5) is 24.3. The van der Waals surface area contributed by atoms with Gasteiger partial charge < -0.3 is 19.6 Å². The highest BCUT2D eigenvalue weighted by Crippen LogP contribution is 2.34. The molecule has 7 rings (SSSR count). The smallest absolute Gasteiger partial charge is 0.259 e. The van der Waals surface area contributed by atoms with E-state index in [0.29, 0.717) is 22.6 Å². The molecule has 3 heterocycles. The summed E-state index contributed by atoms with van der Waals surface area (Å²) >= 11 is 0. The lowest BCUT2D eigenvalue weighted by Crippen LogP contribution is -2.29. The summed E-state index contributed by atoms with van der Waals surface area (Å²) in [5, 5.41) is 12.1. The number of phenolic OH excluding ortho intramolecular Hbond substituents is 1. The molecule has 2 aromatic heterocycles. The van der Waals surface area contributed by atoms with Crippen molar-refractivity contribution in [3.8, 4) is 16.9 Å². The van der Waals surface area contributed by atoms with Gasteiger partial charge in [-0.05, 0) is 110 Å². The van der Waals surface area contributed by atoms with Gasteiger partial charge >= 0.3 is 0 Å². The van der Waals surface area contributed by atoms with Crippen LogP contribution in [0, 0.1) is 5.82 Å². The van der Waals surface area contributed by atoms with Gasteiger partial charge in [-0.25, -0.2) is 9.37 Å². The van der Waals surface area contributed by atoms with Crippen LogP contribution in [0.1, 0.15) is 41.8 Å². The number of nitrogens with one attached hydrogen (secondary N) is 1. The Morgan fingerprint density at radius 3 is 2.39 bits per heavy atom. The Hall–Kier alpha value is -4.17. The fraction of sp³-hybridized carbons (Fsp3) is 0.200. The first-order valence-corrected chi connectivity index (χ1v) is 14.3. The maximum Gasteiger partial charge on any atom is 0.259 e. The van der Waals surface area contributed by atoms with Gasteiger partial charge in [-0.1, -0.05) is 42.5 Å². The van der Waals surface area contributed by atoms with Crippen molar-refractivity contribution in [2.24, 2.45) is 0 Å². The molecule has 0 radical (unpaired) electrons. The monoisotopic (exact) mass is 630 g/mol. The minimum atomic E-state index is -0.864. The van der Waals surface area contributed by atoms with Gasteiger partial charge in [0.15, 0.2) is 0 Å². The van der Waals surface area contributed by atoms with Gasteiger partial charge in [0.25, 0.3) is 5.56 Å². The van der Waals surface area contributed by atoms with E-state index in [2.05, 4.69) is 41.2 Å². The minimum Gasteiger partial charge on any atom is -0.508 e. The zero-order valence-electron chi connectivity index (χ0n) is 24.1. The Morgan fingerprint density at radius 1 is 0.909 bits per heavy atom. The molecule has 1 atom stereocenters. The number of halogens is 3. The average Bonchev–Trinajstić information content (AvgIpc) is 3.44. The van der Waals surface area contributed by atoms with Crippen molar-refractivity contribution in [2.45, 2.75) is 24.8 Å². The van der Waals surface area contributed by atoms with Crippen molar-refractivity contribution >= 4 is 46.6 Å². The summed E-state index contributed by atoms with van der Waals surface area (Å²) < 4.78 is 15.9.